The van der Waals surface area contributed by atoms with Gasteiger partial charge in [0.15, 0.2) is 11.5 Å². The van der Waals surface area contributed by atoms with Gasteiger partial charge in [-0.15, -0.1) is 5.10 Å². The first-order chi connectivity index (χ1) is 9.36. The van der Waals surface area contributed by atoms with E-state index in [4.69, 9.17) is 11.6 Å². The Kier molecular flexibility index (Phi) is 2.87. The molecule has 0 aliphatic heterocycles. The van der Waals surface area contributed by atoms with Crippen LogP contribution in [0.4, 0.5) is 0 Å². The first-order valence-corrected chi connectivity index (χ1v) is 6.96. The number of aryl methyl sites for hydroxylation is 1. The molecule has 4 nitrogen and oxygen atoms in total. The summed E-state index contributed by atoms with van der Waals surface area (Å²) in [6.07, 6.45) is 0. The van der Waals surface area contributed by atoms with Crippen LogP contribution >= 0.6 is 11.6 Å². The van der Waals surface area contributed by atoms with Crippen molar-refractivity contribution in [1.82, 2.24) is 19.8 Å². The van der Waals surface area contributed by atoms with Gasteiger partial charge in [-0.3, -0.25) is 5.10 Å². The standard InChI is InChI=1S/C15H17ClN4/c1-9-5-7-10(8-6-9)13-17-14-11(16)12(15(2,3)4)18-20(14)19-13/h5-8,18H,1-4H3. The number of H-pyrrole nitrogens is 1. The van der Waals surface area contributed by atoms with Gasteiger partial charge < -0.3 is 0 Å². The molecule has 3 rings (SSSR count). The first kappa shape index (κ1) is 13.2. The van der Waals surface area contributed by atoms with Crippen molar-refractivity contribution >= 4 is 17.2 Å². The average Bonchev–Trinajstić information content (AvgIpc) is 2.90. The van der Waals surface area contributed by atoms with Crippen LogP contribution in [0.15, 0.2) is 24.3 Å². The van der Waals surface area contributed by atoms with Gasteiger partial charge in [0, 0.05) is 11.0 Å². The van der Waals surface area contributed by atoms with Crippen LogP contribution in [0.2, 0.25) is 5.02 Å². The molecule has 0 saturated heterocycles. The van der Waals surface area contributed by atoms with Gasteiger partial charge in [-0.1, -0.05) is 62.2 Å². The number of fused-ring (bicyclic) bond motifs is 1. The number of hydrogen-bond acceptors (Lipinski definition) is 2. The molecule has 5 heteroatoms. The normalized spacial score (nSPS) is 12.2. The van der Waals surface area contributed by atoms with E-state index in [1.165, 1.54) is 5.56 Å². The maximum atomic E-state index is 6.41. The molecule has 0 aliphatic rings. The maximum Gasteiger partial charge on any atom is 0.194 e. The molecule has 0 saturated carbocycles. The summed E-state index contributed by atoms with van der Waals surface area (Å²) < 4.78 is 1.65. The summed E-state index contributed by atoms with van der Waals surface area (Å²) in [5, 5.41) is 8.33. The van der Waals surface area contributed by atoms with Gasteiger partial charge in [0.2, 0.25) is 0 Å². The number of nitrogens with one attached hydrogen (secondary N) is 1. The van der Waals surface area contributed by atoms with Gasteiger partial charge >= 0.3 is 0 Å². The van der Waals surface area contributed by atoms with Crippen LogP contribution < -0.4 is 0 Å². The predicted molar refractivity (Wildman–Crippen MR) is 81.2 cm³/mol. The van der Waals surface area contributed by atoms with E-state index in [0.717, 1.165) is 11.3 Å². The van der Waals surface area contributed by atoms with E-state index in [0.29, 0.717) is 16.5 Å². The van der Waals surface area contributed by atoms with Gasteiger partial charge in [-0.2, -0.15) is 4.63 Å². The van der Waals surface area contributed by atoms with Gasteiger partial charge in [-0.25, -0.2) is 4.98 Å². The van der Waals surface area contributed by atoms with Crippen molar-refractivity contribution in [2.24, 2.45) is 0 Å². The molecule has 1 N–H and O–H groups in total. The van der Waals surface area contributed by atoms with Gasteiger partial charge in [0.05, 0.1) is 5.69 Å². The lowest BCUT2D eigenvalue weighted by Crippen LogP contribution is -2.12. The number of benzene rings is 1. The summed E-state index contributed by atoms with van der Waals surface area (Å²) in [6, 6.07) is 8.13. The molecule has 1 aromatic carbocycles. The highest BCUT2D eigenvalue weighted by Gasteiger charge is 2.24. The summed E-state index contributed by atoms with van der Waals surface area (Å²) in [5.74, 6) is 0.679. The van der Waals surface area contributed by atoms with Crippen LogP contribution in [0.25, 0.3) is 17.0 Å². The summed E-state index contributed by atoms with van der Waals surface area (Å²) in [5.41, 5.74) is 3.76. The minimum atomic E-state index is -0.0660. The van der Waals surface area contributed by atoms with Crippen molar-refractivity contribution < 1.29 is 0 Å². The molecule has 104 valence electrons. The third kappa shape index (κ3) is 2.10. The summed E-state index contributed by atoms with van der Waals surface area (Å²) >= 11 is 6.41. The molecule has 0 bridgehead atoms. The van der Waals surface area contributed by atoms with E-state index in [2.05, 4.69) is 42.9 Å². The number of rotatable bonds is 1. The molecule has 2 aromatic heterocycles. The highest BCUT2D eigenvalue weighted by Crippen LogP contribution is 2.31. The Labute approximate surface area is 122 Å². The topological polar surface area (TPSA) is 46.0 Å². The van der Waals surface area contributed by atoms with E-state index >= 15 is 0 Å². The van der Waals surface area contributed by atoms with Crippen LogP contribution in [0, 0.1) is 6.92 Å². The molecule has 20 heavy (non-hydrogen) atoms. The minimum absolute atomic E-state index is 0.0660. The Morgan fingerprint density at radius 1 is 1.15 bits per heavy atom. The SMILES string of the molecule is Cc1ccc(-c2nc3c(Cl)c(C(C)(C)C)[nH]n3n2)cc1. The van der Waals surface area contributed by atoms with E-state index < -0.39 is 0 Å². The third-order valence-electron chi connectivity index (χ3n) is 3.30. The van der Waals surface area contributed by atoms with E-state index in [9.17, 15) is 0 Å². The fourth-order valence-corrected chi connectivity index (χ4v) is 2.57. The van der Waals surface area contributed by atoms with Crippen molar-refractivity contribution in [3.8, 4) is 11.4 Å². The summed E-state index contributed by atoms with van der Waals surface area (Å²) in [6.45, 7) is 8.36. The fraction of sp³-hybridized carbons (Fsp3) is 0.333. The molecule has 0 aliphatic carbocycles. The summed E-state index contributed by atoms with van der Waals surface area (Å²) in [4.78, 5) is 4.53. The van der Waals surface area contributed by atoms with E-state index in [1.54, 1.807) is 4.63 Å². The number of aromatic nitrogens is 4. The van der Waals surface area contributed by atoms with Crippen LogP contribution in [-0.2, 0) is 5.41 Å². The van der Waals surface area contributed by atoms with Gasteiger partial charge in [0.25, 0.3) is 0 Å². The molecule has 0 unspecified atom stereocenters. The molecule has 2 heterocycles. The van der Waals surface area contributed by atoms with Crippen LogP contribution in [0.5, 0.6) is 0 Å². The van der Waals surface area contributed by atoms with E-state index in [-0.39, 0.29) is 5.41 Å². The van der Waals surface area contributed by atoms with Crippen molar-refractivity contribution in [2.75, 3.05) is 0 Å². The number of hydrogen-bond donors (Lipinski definition) is 1. The Hall–Kier alpha value is -1.81. The monoisotopic (exact) mass is 288 g/mol. The largest absolute Gasteiger partial charge is 0.278 e. The molecule has 0 atom stereocenters. The summed E-state index contributed by atoms with van der Waals surface area (Å²) in [7, 11) is 0. The fourth-order valence-electron chi connectivity index (χ4n) is 2.12. The molecule has 0 spiro atoms. The molecular weight excluding hydrogens is 272 g/mol. The second-order valence-electron chi connectivity index (χ2n) is 6.09. The number of nitrogens with zero attached hydrogens (tertiary/aromatic N) is 3. The lowest BCUT2D eigenvalue weighted by Gasteiger charge is -2.16. The highest BCUT2D eigenvalue weighted by atomic mass is 35.5. The van der Waals surface area contributed by atoms with E-state index in [1.807, 2.05) is 24.3 Å². The maximum absolute atomic E-state index is 6.41. The first-order valence-electron chi connectivity index (χ1n) is 6.58. The number of halogens is 1. The van der Waals surface area contributed by atoms with Crippen LogP contribution in [0.1, 0.15) is 32.0 Å². The third-order valence-corrected chi connectivity index (χ3v) is 3.66. The Bertz CT molecular complexity index is 760. The van der Waals surface area contributed by atoms with Gasteiger partial charge in [0.1, 0.15) is 5.02 Å². The van der Waals surface area contributed by atoms with Gasteiger partial charge in [-0.05, 0) is 6.92 Å². The zero-order valence-electron chi connectivity index (χ0n) is 12.0. The Morgan fingerprint density at radius 3 is 2.35 bits per heavy atom. The quantitative estimate of drug-likeness (QED) is 0.736. The second kappa shape index (κ2) is 4.35. The Morgan fingerprint density at radius 2 is 1.80 bits per heavy atom. The van der Waals surface area contributed by atoms with Crippen LogP contribution in [-0.4, -0.2) is 19.8 Å². The van der Waals surface area contributed by atoms with Crippen LogP contribution in [0.3, 0.4) is 0 Å². The average molecular weight is 289 g/mol. The molecule has 3 aromatic rings. The molecular formula is C15H17ClN4. The predicted octanol–water partition coefficient (Wildman–Crippen LogP) is 3.98. The van der Waals surface area contributed by atoms with Crippen molar-refractivity contribution in [2.45, 2.75) is 33.1 Å². The number of aromatic amines is 1. The smallest absolute Gasteiger partial charge is 0.194 e. The lowest BCUT2D eigenvalue weighted by atomic mass is 9.92. The zero-order valence-corrected chi connectivity index (χ0v) is 12.8. The second-order valence-corrected chi connectivity index (χ2v) is 6.47. The van der Waals surface area contributed by atoms with Crippen molar-refractivity contribution in [1.29, 1.82) is 0 Å². The molecule has 0 radical (unpaired) electrons. The zero-order chi connectivity index (χ0) is 14.5. The lowest BCUT2D eigenvalue weighted by molar-refractivity contribution is 0.557. The minimum Gasteiger partial charge on any atom is -0.278 e. The molecule has 0 amide bonds. The molecule has 0 fully saturated rings. The van der Waals surface area contributed by atoms with Crippen molar-refractivity contribution in [3.63, 3.8) is 0 Å². The van der Waals surface area contributed by atoms with Crippen molar-refractivity contribution in [3.05, 3.63) is 40.5 Å². The highest BCUT2D eigenvalue weighted by molar-refractivity contribution is 6.34. The Balaban J connectivity index is 2.11.